The van der Waals surface area contributed by atoms with E-state index in [4.69, 9.17) is 15.2 Å². The zero-order valence-electron chi connectivity index (χ0n) is 19.0. The van der Waals surface area contributed by atoms with Gasteiger partial charge in [0.1, 0.15) is 17.0 Å². The minimum absolute atomic E-state index is 0.100. The summed E-state index contributed by atoms with van der Waals surface area (Å²) in [6.07, 6.45) is 0.596. The van der Waals surface area contributed by atoms with Crippen LogP contribution in [0.1, 0.15) is 59.1 Å². The van der Waals surface area contributed by atoms with Crippen LogP contribution < -0.4 is 5.73 Å². The van der Waals surface area contributed by atoms with Crippen molar-refractivity contribution >= 4 is 12.1 Å². The number of esters is 1. The van der Waals surface area contributed by atoms with Crippen LogP contribution in [-0.4, -0.2) is 41.3 Å². The second-order valence-electron chi connectivity index (χ2n) is 9.99. The Balaban J connectivity index is 2.21. The van der Waals surface area contributed by atoms with Gasteiger partial charge in [0, 0.05) is 19.6 Å². The lowest BCUT2D eigenvalue weighted by molar-refractivity contribution is -0.161. The van der Waals surface area contributed by atoms with Crippen molar-refractivity contribution in [3.05, 3.63) is 35.1 Å². The largest absolute Gasteiger partial charge is 0.460 e. The second-order valence-corrected chi connectivity index (χ2v) is 9.99. The van der Waals surface area contributed by atoms with E-state index in [2.05, 4.69) is 0 Å². The summed E-state index contributed by atoms with van der Waals surface area (Å²) in [5.41, 5.74) is 5.82. The second kappa shape index (κ2) is 9.33. The molecule has 1 aromatic carbocycles. The molecule has 2 atom stereocenters. The van der Waals surface area contributed by atoms with E-state index in [1.54, 1.807) is 4.90 Å². The monoisotopic (exact) mass is 422 g/mol. The number of rotatable bonds is 5. The summed E-state index contributed by atoms with van der Waals surface area (Å²) < 4.78 is 25.1. The fourth-order valence-electron chi connectivity index (χ4n) is 3.63. The Morgan fingerprint density at radius 3 is 2.27 bits per heavy atom. The van der Waals surface area contributed by atoms with Crippen LogP contribution >= 0.6 is 0 Å². The van der Waals surface area contributed by atoms with Crippen LogP contribution in [0.2, 0.25) is 0 Å². The van der Waals surface area contributed by atoms with E-state index in [1.165, 1.54) is 12.1 Å². The first-order valence-electron chi connectivity index (χ1n) is 10.5. The lowest BCUT2D eigenvalue weighted by Crippen LogP contribution is -2.38. The third kappa shape index (κ3) is 7.27. The molecule has 1 aliphatic rings. The van der Waals surface area contributed by atoms with Crippen molar-refractivity contribution in [3.8, 4) is 0 Å². The quantitative estimate of drug-likeness (QED) is 0.724. The summed E-state index contributed by atoms with van der Waals surface area (Å²) in [6, 6.07) is 4.64. The molecule has 1 fully saturated rings. The molecule has 0 saturated carbocycles. The lowest BCUT2D eigenvalue weighted by Gasteiger charge is -2.28. The van der Waals surface area contributed by atoms with Crippen molar-refractivity contribution in [2.75, 3.05) is 13.1 Å². The van der Waals surface area contributed by atoms with Gasteiger partial charge in [-0.2, -0.15) is 0 Å². The average molecular weight is 423 g/mol. The molecule has 6 nitrogen and oxygen atoms in total. The summed E-state index contributed by atoms with van der Waals surface area (Å²) in [5.74, 6) is -1.31. The fraction of sp³-hybridized carbons (Fsp3) is 0.652. The van der Waals surface area contributed by atoms with Crippen LogP contribution in [0.15, 0.2) is 18.2 Å². The van der Waals surface area contributed by atoms with Crippen LogP contribution in [0.5, 0.6) is 0 Å². The predicted molar refractivity (Wildman–Crippen MR) is 113 cm³/mol. The number of nitrogens with two attached hydrogens (primary N) is 1. The molecule has 2 N–H and O–H groups in total. The van der Waals surface area contributed by atoms with Gasteiger partial charge in [0.25, 0.3) is 0 Å². The molecular weight excluding hydrogens is 387 g/mol. The maximum absolute atomic E-state index is 14.0. The van der Waals surface area contributed by atoms with Gasteiger partial charge in [0.15, 0.2) is 0 Å². The van der Waals surface area contributed by atoms with Gasteiger partial charge >= 0.3 is 12.1 Å². The van der Waals surface area contributed by atoms with E-state index in [-0.39, 0.29) is 30.3 Å². The molecule has 0 unspecified atom stereocenters. The smallest absolute Gasteiger partial charge is 0.410 e. The van der Waals surface area contributed by atoms with E-state index in [9.17, 15) is 14.0 Å². The van der Waals surface area contributed by atoms with Crippen LogP contribution in [0, 0.1) is 17.7 Å². The highest BCUT2D eigenvalue weighted by molar-refractivity contribution is 5.74. The Labute approximate surface area is 178 Å². The Morgan fingerprint density at radius 2 is 1.70 bits per heavy atom. The maximum atomic E-state index is 14.0. The van der Waals surface area contributed by atoms with Crippen LogP contribution in [0.4, 0.5) is 9.18 Å². The third-order valence-corrected chi connectivity index (χ3v) is 4.86. The molecular formula is C23H35FN2O4. The highest BCUT2D eigenvalue weighted by Crippen LogP contribution is 2.31. The third-order valence-electron chi connectivity index (χ3n) is 4.86. The van der Waals surface area contributed by atoms with Gasteiger partial charge in [0.2, 0.25) is 0 Å². The number of ether oxygens (including phenoxy) is 2. The first kappa shape index (κ1) is 24.1. The van der Waals surface area contributed by atoms with E-state index in [0.717, 1.165) is 0 Å². The number of nitrogens with zero attached hydrogens (tertiary/aromatic N) is 1. The molecule has 0 aromatic heterocycles. The van der Waals surface area contributed by atoms with Crippen LogP contribution in [0.3, 0.4) is 0 Å². The lowest BCUT2D eigenvalue weighted by atomic mass is 9.85. The molecule has 1 aliphatic heterocycles. The minimum atomic E-state index is -0.636. The molecule has 1 aromatic rings. The van der Waals surface area contributed by atoms with Gasteiger partial charge in [-0.05, 0) is 83.6 Å². The SMILES string of the molecule is CC(C)(C)OC(=O)[C@@H](Cc1cc(F)cc(CN)c1)[C@H]1CCN(C(=O)OC(C)(C)C)C1. The Hall–Kier alpha value is -2.15. The number of hydrogen-bond donors (Lipinski definition) is 1. The topological polar surface area (TPSA) is 81.9 Å². The highest BCUT2D eigenvalue weighted by atomic mass is 19.1. The number of likely N-dealkylation sites (tertiary alicyclic amines) is 1. The zero-order valence-corrected chi connectivity index (χ0v) is 19.0. The standard InChI is InChI=1S/C23H35FN2O4/c1-22(2,3)29-20(27)19(12-15-9-16(13-25)11-18(24)10-15)17-7-8-26(14-17)21(28)30-23(4,5)6/h9-11,17,19H,7-8,12-14,25H2,1-6H3/t17-,19-/m0/s1. The van der Waals surface area contributed by atoms with Crippen LogP contribution in [-0.2, 0) is 27.2 Å². The normalized spacial score (nSPS) is 18.3. The molecule has 0 spiro atoms. The van der Waals surface area contributed by atoms with Crippen LogP contribution in [0.25, 0.3) is 0 Å². The molecule has 1 heterocycles. The summed E-state index contributed by atoms with van der Waals surface area (Å²) in [4.78, 5) is 27.1. The van der Waals surface area contributed by atoms with Gasteiger partial charge < -0.3 is 20.1 Å². The number of carbonyl (C=O) groups is 2. The molecule has 0 radical (unpaired) electrons. The first-order valence-corrected chi connectivity index (χ1v) is 10.5. The molecule has 1 amide bonds. The highest BCUT2D eigenvalue weighted by Gasteiger charge is 2.39. The van der Waals surface area contributed by atoms with Gasteiger partial charge in [-0.15, -0.1) is 0 Å². The Kier molecular flexibility index (Phi) is 7.50. The predicted octanol–water partition coefficient (Wildman–Crippen LogP) is 4.04. The molecule has 168 valence electrons. The number of amides is 1. The number of halogens is 1. The number of carbonyl (C=O) groups excluding carboxylic acids is 2. The van der Waals surface area contributed by atoms with Crippen molar-refractivity contribution in [2.45, 2.75) is 72.1 Å². The summed E-state index contributed by atoms with van der Waals surface area (Å²) in [5, 5.41) is 0. The van der Waals surface area contributed by atoms with E-state index >= 15 is 0 Å². The Morgan fingerprint density at radius 1 is 1.10 bits per heavy atom. The molecule has 2 rings (SSSR count). The Bertz CT molecular complexity index is 767. The summed E-state index contributed by atoms with van der Waals surface area (Å²) >= 11 is 0. The van der Waals surface area contributed by atoms with E-state index in [0.29, 0.717) is 37.1 Å². The van der Waals surface area contributed by atoms with Crippen molar-refractivity contribution in [1.29, 1.82) is 0 Å². The molecule has 30 heavy (non-hydrogen) atoms. The molecule has 0 bridgehead atoms. The van der Waals surface area contributed by atoms with Crippen molar-refractivity contribution in [3.63, 3.8) is 0 Å². The van der Waals surface area contributed by atoms with Crippen molar-refractivity contribution in [2.24, 2.45) is 17.6 Å². The van der Waals surface area contributed by atoms with Gasteiger partial charge in [0.05, 0.1) is 5.92 Å². The molecule has 1 saturated heterocycles. The van der Waals surface area contributed by atoms with Crippen molar-refractivity contribution < 1.29 is 23.5 Å². The maximum Gasteiger partial charge on any atom is 0.410 e. The van der Waals surface area contributed by atoms with Gasteiger partial charge in [-0.25, -0.2) is 9.18 Å². The van der Waals surface area contributed by atoms with Gasteiger partial charge in [-0.1, -0.05) is 6.07 Å². The molecule has 7 heteroatoms. The average Bonchev–Trinajstić information content (AvgIpc) is 3.06. The van der Waals surface area contributed by atoms with E-state index < -0.39 is 17.1 Å². The van der Waals surface area contributed by atoms with Crippen molar-refractivity contribution in [1.82, 2.24) is 4.90 Å². The minimum Gasteiger partial charge on any atom is -0.460 e. The van der Waals surface area contributed by atoms with E-state index in [1.807, 2.05) is 47.6 Å². The number of benzene rings is 1. The zero-order chi connectivity index (χ0) is 22.7. The first-order chi connectivity index (χ1) is 13.8. The summed E-state index contributed by atoms with van der Waals surface area (Å²) in [7, 11) is 0. The molecule has 0 aliphatic carbocycles. The van der Waals surface area contributed by atoms with Gasteiger partial charge in [-0.3, -0.25) is 4.79 Å². The fourth-order valence-corrected chi connectivity index (χ4v) is 3.63. The summed E-state index contributed by atoms with van der Waals surface area (Å²) in [6.45, 7) is 12.0. The number of hydrogen-bond acceptors (Lipinski definition) is 5.